The number of carbonyl (C=O) groups is 2. The molecule has 0 atom stereocenters. The van der Waals surface area contributed by atoms with Gasteiger partial charge in [-0.25, -0.2) is 9.18 Å². The van der Waals surface area contributed by atoms with Crippen LogP contribution >= 0.6 is 0 Å². The van der Waals surface area contributed by atoms with Crippen LogP contribution in [0.3, 0.4) is 0 Å². The number of benzene rings is 1. The molecule has 2 N–H and O–H groups in total. The second kappa shape index (κ2) is 9.22. The van der Waals surface area contributed by atoms with Crippen LogP contribution < -0.4 is 10.1 Å². The fraction of sp³-hybridized carbons (Fsp3) is 0.529. The van der Waals surface area contributed by atoms with Crippen molar-refractivity contribution in [1.82, 2.24) is 15.1 Å². The molecule has 0 bridgehead atoms. The highest BCUT2D eigenvalue weighted by molar-refractivity contribution is 5.81. The van der Waals surface area contributed by atoms with Crippen molar-refractivity contribution in [3.8, 4) is 5.75 Å². The summed E-state index contributed by atoms with van der Waals surface area (Å²) in [6, 6.07) is 5.74. The van der Waals surface area contributed by atoms with Gasteiger partial charge in [0.2, 0.25) is 5.91 Å². The monoisotopic (exact) mass is 353 g/mol. The summed E-state index contributed by atoms with van der Waals surface area (Å²) in [5, 5.41) is 11.8. The van der Waals surface area contributed by atoms with E-state index in [9.17, 15) is 19.1 Å². The molecule has 1 aliphatic rings. The first kappa shape index (κ1) is 19.0. The Morgan fingerprint density at radius 1 is 1.32 bits per heavy atom. The first-order valence-electron chi connectivity index (χ1n) is 8.30. The van der Waals surface area contributed by atoms with Crippen molar-refractivity contribution in [1.29, 1.82) is 0 Å². The van der Waals surface area contributed by atoms with Gasteiger partial charge in [-0.05, 0) is 37.1 Å². The number of ether oxygens (including phenoxy) is 1. The highest BCUT2D eigenvalue weighted by Gasteiger charge is 2.28. The van der Waals surface area contributed by atoms with Crippen molar-refractivity contribution < 1.29 is 23.8 Å². The van der Waals surface area contributed by atoms with Gasteiger partial charge in [0.05, 0.1) is 0 Å². The van der Waals surface area contributed by atoms with Gasteiger partial charge in [-0.2, -0.15) is 0 Å². The largest absolute Gasteiger partial charge is 0.492 e. The Morgan fingerprint density at radius 3 is 2.52 bits per heavy atom. The molecule has 7 nitrogen and oxygen atoms in total. The van der Waals surface area contributed by atoms with E-state index in [1.807, 2.05) is 0 Å². The lowest BCUT2D eigenvalue weighted by molar-refractivity contribution is -0.122. The molecule has 2 rings (SSSR count). The highest BCUT2D eigenvalue weighted by Crippen LogP contribution is 2.17. The fourth-order valence-corrected chi connectivity index (χ4v) is 2.86. The van der Waals surface area contributed by atoms with Crippen LogP contribution in [0.4, 0.5) is 9.18 Å². The third-order valence-corrected chi connectivity index (χ3v) is 4.33. The van der Waals surface area contributed by atoms with Gasteiger partial charge in [0.1, 0.15) is 24.7 Å². The number of hydrogen-bond donors (Lipinski definition) is 2. The highest BCUT2D eigenvalue weighted by atomic mass is 19.1. The summed E-state index contributed by atoms with van der Waals surface area (Å²) in [6.45, 7) is 2.55. The van der Waals surface area contributed by atoms with Crippen LogP contribution in [0.1, 0.15) is 12.8 Å². The molecule has 0 aliphatic carbocycles. The maximum Gasteiger partial charge on any atom is 0.408 e. The van der Waals surface area contributed by atoms with Gasteiger partial charge in [-0.15, -0.1) is 0 Å². The number of carbonyl (C=O) groups excluding carboxylic acids is 1. The van der Waals surface area contributed by atoms with E-state index in [4.69, 9.17) is 4.74 Å². The summed E-state index contributed by atoms with van der Waals surface area (Å²) in [6.07, 6.45) is 0.293. The summed E-state index contributed by atoms with van der Waals surface area (Å²) in [5.41, 5.74) is 0. The maximum atomic E-state index is 12.8. The van der Waals surface area contributed by atoms with Crippen LogP contribution in [-0.2, 0) is 4.79 Å². The molecule has 0 saturated carbocycles. The normalized spacial score (nSPS) is 15.6. The van der Waals surface area contributed by atoms with E-state index in [2.05, 4.69) is 10.2 Å². The fourth-order valence-electron chi connectivity index (χ4n) is 2.86. The summed E-state index contributed by atoms with van der Waals surface area (Å²) < 4.78 is 18.4. The number of nitrogens with one attached hydrogen (secondary N) is 1. The summed E-state index contributed by atoms with van der Waals surface area (Å²) in [5.74, 6) is 0.0191. The van der Waals surface area contributed by atoms with Crippen molar-refractivity contribution in [2.24, 2.45) is 0 Å². The van der Waals surface area contributed by atoms with E-state index in [-0.39, 0.29) is 24.3 Å². The Balaban J connectivity index is 1.73. The first-order valence-corrected chi connectivity index (χ1v) is 8.30. The predicted molar refractivity (Wildman–Crippen MR) is 90.2 cm³/mol. The smallest absolute Gasteiger partial charge is 0.408 e. The molecule has 8 heteroatoms. The molecule has 1 aromatic carbocycles. The average Bonchev–Trinajstić information content (AvgIpc) is 2.61. The van der Waals surface area contributed by atoms with Gasteiger partial charge in [0.25, 0.3) is 0 Å². The second-order valence-electron chi connectivity index (χ2n) is 5.96. The molecule has 1 fully saturated rings. The lowest BCUT2D eigenvalue weighted by Gasteiger charge is -2.36. The van der Waals surface area contributed by atoms with Crippen molar-refractivity contribution in [3.63, 3.8) is 0 Å². The standard InChI is InChI=1S/C17H24FN3O4/c1-19-16(22)12-21(17(23)24)14-6-8-20(9-7-14)10-11-25-15-4-2-13(18)3-5-15/h2-5,14H,6-12H2,1H3,(H,19,22)(H,23,24). The number of piperidine rings is 1. The number of halogens is 1. The number of likely N-dealkylation sites (N-methyl/N-ethyl adjacent to an activating group) is 1. The van der Waals surface area contributed by atoms with Crippen molar-refractivity contribution in [2.45, 2.75) is 18.9 Å². The lowest BCUT2D eigenvalue weighted by Crippen LogP contribution is -2.50. The molecule has 0 spiro atoms. The van der Waals surface area contributed by atoms with E-state index in [1.54, 1.807) is 12.1 Å². The van der Waals surface area contributed by atoms with E-state index < -0.39 is 6.09 Å². The Bertz CT molecular complexity index is 574. The van der Waals surface area contributed by atoms with Gasteiger partial charge in [-0.1, -0.05) is 0 Å². The van der Waals surface area contributed by atoms with Crippen molar-refractivity contribution in [3.05, 3.63) is 30.1 Å². The van der Waals surface area contributed by atoms with Gasteiger partial charge in [0.15, 0.2) is 0 Å². The molecule has 1 aliphatic heterocycles. The molecular weight excluding hydrogens is 329 g/mol. The topological polar surface area (TPSA) is 82.1 Å². The van der Waals surface area contributed by atoms with Crippen LogP contribution in [0.15, 0.2) is 24.3 Å². The number of carboxylic acid groups (broad SMARTS) is 1. The average molecular weight is 353 g/mol. The minimum absolute atomic E-state index is 0.135. The third kappa shape index (κ3) is 5.90. The summed E-state index contributed by atoms with van der Waals surface area (Å²) >= 11 is 0. The summed E-state index contributed by atoms with van der Waals surface area (Å²) in [4.78, 5) is 26.2. The molecule has 138 valence electrons. The number of amides is 2. The van der Waals surface area contributed by atoms with Crippen LogP contribution in [0.5, 0.6) is 5.75 Å². The van der Waals surface area contributed by atoms with Crippen molar-refractivity contribution >= 4 is 12.0 Å². The van der Waals surface area contributed by atoms with Crippen LogP contribution in [0, 0.1) is 5.82 Å². The van der Waals surface area contributed by atoms with E-state index in [0.29, 0.717) is 31.7 Å². The van der Waals surface area contributed by atoms with Crippen LogP contribution in [0.2, 0.25) is 0 Å². The van der Waals surface area contributed by atoms with Gasteiger partial charge in [-0.3, -0.25) is 14.6 Å². The number of nitrogens with zero attached hydrogens (tertiary/aromatic N) is 2. The molecule has 25 heavy (non-hydrogen) atoms. The molecule has 2 amide bonds. The number of rotatable bonds is 7. The van der Waals surface area contributed by atoms with Gasteiger partial charge >= 0.3 is 6.09 Å². The van der Waals surface area contributed by atoms with Gasteiger partial charge < -0.3 is 15.2 Å². The zero-order chi connectivity index (χ0) is 18.2. The molecular formula is C17H24FN3O4. The molecule has 1 heterocycles. The SMILES string of the molecule is CNC(=O)CN(C(=O)O)C1CCN(CCOc2ccc(F)cc2)CC1. The zero-order valence-corrected chi connectivity index (χ0v) is 14.3. The first-order chi connectivity index (χ1) is 12.0. The molecule has 0 aromatic heterocycles. The quantitative estimate of drug-likeness (QED) is 0.774. The third-order valence-electron chi connectivity index (χ3n) is 4.33. The van der Waals surface area contributed by atoms with E-state index in [0.717, 1.165) is 13.1 Å². The lowest BCUT2D eigenvalue weighted by atomic mass is 10.0. The number of likely N-dealkylation sites (tertiary alicyclic amines) is 1. The predicted octanol–water partition coefficient (Wildman–Crippen LogP) is 1.39. The van der Waals surface area contributed by atoms with Crippen LogP contribution in [0.25, 0.3) is 0 Å². The molecule has 0 unspecified atom stereocenters. The Morgan fingerprint density at radius 2 is 1.96 bits per heavy atom. The minimum Gasteiger partial charge on any atom is -0.492 e. The van der Waals surface area contributed by atoms with Crippen LogP contribution in [-0.4, -0.2) is 72.8 Å². The van der Waals surface area contributed by atoms with Gasteiger partial charge in [0, 0.05) is 32.7 Å². The molecule has 1 saturated heterocycles. The van der Waals surface area contributed by atoms with E-state index >= 15 is 0 Å². The number of hydrogen-bond acceptors (Lipinski definition) is 4. The molecule has 1 aromatic rings. The second-order valence-corrected chi connectivity index (χ2v) is 5.96. The molecule has 0 radical (unpaired) electrons. The Kier molecular flexibility index (Phi) is 7.00. The van der Waals surface area contributed by atoms with E-state index in [1.165, 1.54) is 24.1 Å². The summed E-state index contributed by atoms with van der Waals surface area (Å²) in [7, 11) is 1.49. The van der Waals surface area contributed by atoms with Crippen molar-refractivity contribution in [2.75, 3.05) is 39.8 Å². The minimum atomic E-state index is -1.07. The Labute approximate surface area is 146 Å². The zero-order valence-electron chi connectivity index (χ0n) is 14.3. The Hall–Kier alpha value is -2.35. The maximum absolute atomic E-state index is 12.8.